The van der Waals surface area contributed by atoms with Crippen molar-refractivity contribution < 1.29 is 22.7 Å². The molecule has 11 heteroatoms. The monoisotopic (exact) mass is 645 g/mol. The predicted molar refractivity (Wildman–Crippen MR) is 170 cm³/mol. The summed E-state index contributed by atoms with van der Waals surface area (Å²) in [5.74, 6) is -0.375. The lowest BCUT2D eigenvalue weighted by atomic mass is 9.95. The number of hydrogen-bond acceptors (Lipinski definition) is 5. The summed E-state index contributed by atoms with van der Waals surface area (Å²) in [4.78, 5) is 29.0. The number of amides is 2. The Morgan fingerprint density at radius 2 is 1.56 bits per heavy atom. The average Bonchev–Trinajstić information content (AvgIpc) is 3.00. The lowest BCUT2D eigenvalue weighted by molar-refractivity contribution is -0.139. The number of halogens is 2. The third kappa shape index (κ3) is 8.02. The maximum atomic E-state index is 14.2. The first-order valence-electron chi connectivity index (χ1n) is 14.3. The van der Waals surface area contributed by atoms with Crippen molar-refractivity contribution in [2.24, 2.45) is 0 Å². The SMILES string of the molecule is COc1ccc(N(CC(=O)N(Cc2c(Cl)cccc2Cl)[C@@H](C)C(=O)NC2CCCCC2)S(=O)(=O)c2ccc(C)cc2)cc1. The highest BCUT2D eigenvalue weighted by Gasteiger charge is 2.34. The maximum absolute atomic E-state index is 14.2. The highest BCUT2D eigenvalue weighted by molar-refractivity contribution is 7.92. The van der Waals surface area contributed by atoms with Crippen LogP contribution in [0.15, 0.2) is 71.6 Å². The molecule has 0 aliphatic heterocycles. The minimum Gasteiger partial charge on any atom is -0.497 e. The van der Waals surface area contributed by atoms with Crippen LogP contribution >= 0.6 is 23.2 Å². The first kappa shape index (κ1) is 32.6. The number of carbonyl (C=O) groups excluding carboxylic acids is 2. The quantitative estimate of drug-likeness (QED) is 0.261. The molecule has 0 spiro atoms. The number of sulfonamides is 1. The molecule has 1 aliphatic rings. The molecule has 0 aromatic heterocycles. The van der Waals surface area contributed by atoms with Gasteiger partial charge < -0.3 is 15.0 Å². The zero-order valence-corrected chi connectivity index (χ0v) is 26.9. The van der Waals surface area contributed by atoms with E-state index in [-0.39, 0.29) is 29.1 Å². The van der Waals surface area contributed by atoms with E-state index >= 15 is 0 Å². The van der Waals surface area contributed by atoms with Crippen LogP contribution < -0.4 is 14.4 Å². The van der Waals surface area contributed by atoms with E-state index in [2.05, 4.69) is 5.32 Å². The Balaban J connectivity index is 1.71. The molecule has 0 bridgehead atoms. The molecule has 1 saturated carbocycles. The normalized spacial score (nSPS) is 14.5. The first-order valence-corrected chi connectivity index (χ1v) is 16.5. The van der Waals surface area contributed by atoms with E-state index in [1.807, 2.05) is 6.92 Å². The van der Waals surface area contributed by atoms with Gasteiger partial charge in [-0.05, 0) is 75.2 Å². The summed E-state index contributed by atoms with van der Waals surface area (Å²) in [5, 5.41) is 3.76. The van der Waals surface area contributed by atoms with Crippen LogP contribution in [0.4, 0.5) is 5.69 Å². The minimum absolute atomic E-state index is 0.0299. The summed E-state index contributed by atoms with van der Waals surface area (Å²) in [5.41, 5.74) is 1.63. The first-order chi connectivity index (χ1) is 20.5. The molecule has 2 amide bonds. The van der Waals surface area contributed by atoms with Gasteiger partial charge in [-0.3, -0.25) is 13.9 Å². The summed E-state index contributed by atoms with van der Waals surface area (Å²) in [6, 6.07) is 16.9. The Labute approximate surface area is 264 Å². The number of anilines is 1. The highest BCUT2D eigenvalue weighted by Crippen LogP contribution is 2.29. The Kier molecular flexibility index (Phi) is 11.0. The molecule has 3 aromatic carbocycles. The third-order valence-corrected chi connectivity index (χ3v) is 10.3. The number of methoxy groups -OCH3 is 1. The zero-order chi connectivity index (χ0) is 31.1. The van der Waals surface area contributed by atoms with Gasteiger partial charge in [-0.2, -0.15) is 0 Å². The lowest BCUT2D eigenvalue weighted by Gasteiger charge is -2.33. The van der Waals surface area contributed by atoms with Gasteiger partial charge in [0, 0.05) is 28.2 Å². The van der Waals surface area contributed by atoms with Crippen LogP contribution in [0, 0.1) is 6.92 Å². The molecule has 1 fully saturated rings. The van der Waals surface area contributed by atoms with E-state index in [1.54, 1.807) is 61.5 Å². The molecule has 0 saturated heterocycles. The molecular weight excluding hydrogens is 609 g/mol. The fourth-order valence-corrected chi connectivity index (χ4v) is 7.05. The Hall–Kier alpha value is -3.27. The molecule has 1 aliphatic carbocycles. The molecule has 3 aromatic rings. The smallest absolute Gasteiger partial charge is 0.264 e. The number of hydrogen-bond donors (Lipinski definition) is 1. The van der Waals surface area contributed by atoms with Crippen molar-refractivity contribution in [2.45, 2.75) is 69.5 Å². The van der Waals surface area contributed by atoms with Gasteiger partial charge in [0.25, 0.3) is 10.0 Å². The lowest BCUT2D eigenvalue weighted by Crippen LogP contribution is -2.53. The van der Waals surface area contributed by atoms with Gasteiger partial charge >= 0.3 is 0 Å². The number of benzene rings is 3. The summed E-state index contributed by atoms with van der Waals surface area (Å²) in [7, 11) is -2.67. The van der Waals surface area contributed by atoms with E-state index in [1.165, 1.54) is 24.1 Å². The van der Waals surface area contributed by atoms with Crippen LogP contribution in [0.3, 0.4) is 0 Å². The van der Waals surface area contributed by atoms with Gasteiger partial charge in [0.05, 0.1) is 17.7 Å². The van der Waals surface area contributed by atoms with E-state index in [4.69, 9.17) is 27.9 Å². The van der Waals surface area contributed by atoms with Crippen LogP contribution in [0.2, 0.25) is 10.0 Å². The van der Waals surface area contributed by atoms with Gasteiger partial charge in [-0.25, -0.2) is 8.42 Å². The predicted octanol–water partition coefficient (Wildman–Crippen LogP) is 6.37. The van der Waals surface area contributed by atoms with E-state index < -0.39 is 28.5 Å². The standard InChI is InChI=1S/C32H37Cl2N3O5S/c1-22-12-18-27(19-13-22)43(40,41)37(25-14-16-26(42-3)17-15-25)21-31(38)36(20-28-29(33)10-7-11-30(28)34)23(2)32(39)35-24-8-5-4-6-9-24/h7,10-19,23-24H,4-6,8-9,20-21H2,1-3H3,(H,35,39)/t23-/m0/s1. The Bertz CT molecular complexity index is 1510. The molecule has 1 atom stereocenters. The minimum atomic E-state index is -4.18. The third-order valence-electron chi connectivity index (χ3n) is 7.76. The van der Waals surface area contributed by atoms with Gasteiger partial charge in [-0.15, -0.1) is 0 Å². The number of nitrogens with one attached hydrogen (secondary N) is 1. The largest absolute Gasteiger partial charge is 0.497 e. The fraction of sp³-hybridized carbons (Fsp3) is 0.375. The van der Waals surface area contributed by atoms with Crippen molar-refractivity contribution in [2.75, 3.05) is 18.0 Å². The van der Waals surface area contributed by atoms with Crippen LogP contribution in [-0.4, -0.2) is 50.9 Å². The van der Waals surface area contributed by atoms with Gasteiger partial charge in [0.2, 0.25) is 11.8 Å². The van der Waals surface area contributed by atoms with Gasteiger partial charge in [0.15, 0.2) is 0 Å². The van der Waals surface area contributed by atoms with E-state index in [0.29, 0.717) is 21.4 Å². The van der Waals surface area contributed by atoms with Crippen molar-refractivity contribution in [1.82, 2.24) is 10.2 Å². The van der Waals surface area contributed by atoms with E-state index in [9.17, 15) is 18.0 Å². The molecule has 4 rings (SSSR count). The molecule has 0 heterocycles. The van der Waals surface area contributed by atoms with E-state index in [0.717, 1.165) is 42.0 Å². The van der Waals surface area contributed by atoms with Crippen LogP contribution in [0.1, 0.15) is 50.2 Å². The van der Waals surface area contributed by atoms with Crippen molar-refractivity contribution in [3.8, 4) is 5.75 Å². The van der Waals surface area contributed by atoms with Gasteiger partial charge in [0.1, 0.15) is 18.3 Å². The fourth-order valence-electron chi connectivity index (χ4n) is 5.12. The molecule has 8 nitrogen and oxygen atoms in total. The number of carbonyl (C=O) groups is 2. The maximum Gasteiger partial charge on any atom is 0.264 e. The van der Waals surface area contributed by atoms with Crippen LogP contribution in [0.5, 0.6) is 5.75 Å². The number of nitrogens with zero attached hydrogens (tertiary/aromatic N) is 2. The zero-order valence-electron chi connectivity index (χ0n) is 24.6. The summed E-state index contributed by atoms with van der Waals surface area (Å²) >= 11 is 12.9. The highest BCUT2D eigenvalue weighted by atomic mass is 35.5. The number of rotatable bonds is 11. The molecule has 230 valence electrons. The topological polar surface area (TPSA) is 96.0 Å². The second-order valence-corrected chi connectivity index (χ2v) is 13.4. The van der Waals surface area contributed by atoms with Crippen molar-refractivity contribution >= 4 is 50.7 Å². The molecule has 43 heavy (non-hydrogen) atoms. The van der Waals surface area contributed by atoms with Crippen molar-refractivity contribution in [3.05, 3.63) is 87.9 Å². The average molecular weight is 647 g/mol. The molecule has 0 unspecified atom stereocenters. The second-order valence-electron chi connectivity index (χ2n) is 10.8. The van der Waals surface area contributed by atoms with Gasteiger partial charge in [-0.1, -0.05) is 66.2 Å². The molecule has 0 radical (unpaired) electrons. The molecule has 1 N–H and O–H groups in total. The summed E-state index contributed by atoms with van der Waals surface area (Å²) < 4.78 is 34.3. The van der Waals surface area contributed by atoms with Crippen molar-refractivity contribution in [3.63, 3.8) is 0 Å². The number of ether oxygens (including phenoxy) is 1. The summed E-state index contributed by atoms with van der Waals surface area (Å²) in [6.07, 6.45) is 4.95. The van der Waals surface area contributed by atoms with Crippen LogP contribution in [-0.2, 0) is 26.2 Å². The second kappa shape index (κ2) is 14.5. The number of aryl methyl sites for hydroxylation is 1. The Morgan fingerprint density at radius 3 is 2.14 bits per heavy atom. The van der Waals surface area contributed by atoms with Crippen LogP contribution in [0.25, 0.3) is 0 Å². The van der Waals surface area contributed by atoms with Crippen molar-refractivity contribution in [1.29, 1.82) is 0 Å². The summed E-state index contributed by atoms with van der Waals surface area (Å²) in [6.45, 7) is 2.84. The Morgan fingerprint density at radius 1 is 0.953 bits per heavy atom. The molecular formula is C32H37Cl2N3O5S.